The lowest BCUT2D eigenvalue weighted by atomic mass is 10.0. The van der Waals surface area contributed by atoms with Gasteiger partial charge in [-0.2, -0.15) is 8.42 Å². The van der Waals surface area contributed by atoms with Gasteiger partial charge in [0.15, 0.2) is 0 Å². The smallest absolute Gasteiger partial charge is 0.310 e. The van der Waals surface area contributed by atoms with Crippen LogP contribution in [0.15, 0.2) is 11.3 Å². The molecule has 102 valence electrons. The van der Waals surface area contributed by atoms with E-state index >= 15 is 0 Å². The fourth-order valence-electron chi connectivity index (χ4n) is 2.66. The van der Waals surface area contributed by atoms with E-state index in [9.17, 15) is 8.42 Å². The third-order valence-corrected chi connectivity index (χ3v) is 4.75. The summed E-state index contributed by atoms with van der Waals surface area (Å²) in [6.45, 7) is 3.84. The van der Waals surface area contributed by atoms with Crippen molar-refractivity contribution in [3.05, 3.63) is 11.3 Å². The van der Waals surface area contributed by atoms with Gasteiger partial charge in [0.1, 0.15) is 11.5 Å². The van der Waals surface area contributed by atoms with Crippen molar-refractivity contribution in [2.75, 3.05) is 45.3 Å². The first-order chi connectivity index (χ1) is 8.66. The predicted molar refractivity (Wildman–Crippen MR) is 63.5 cm³/mol. The first-order valence-corrected chi connectivity index (χ1v) is 7.77. The number of hydrogen-bond donors (Lipinski definition) is 0. The molecule has 6 nitrogen and oxygen atoms in total. The van der Waals surface area contributed by atoms with Crippen LogP contribution in [0.4, 0.5) is 0 Å². The summed E-state index contributed by atoms with van der Waals surface area (Å²) in [5, 5.41) is 0. The molecule has 3 aliphatic rings. The molecular formula is C11H17NO5S. The first-order valence-electron chi connectivity index (χ1n) is 6.19. The van der Waals surface area contributed by atoms with Crippen molar-refractivity contribution >= 4 is 10.1 Å². The highest BCUT2D eigenvalue weighted by molar-refractivity contribution is 7.86. The molecule has 0 spiro atoms. The van der Waals surface area contributed by atoms with Crippen molar-refractivity contribution in [3.63, 3.8) is 0 Å². The van der Waals surface area contributed by atoms with Gasteiger partial charge in [0.2, 0.25) is 0 Å². The van der Waals surface area contributed by atoms with Gasteiger partial charge in [0.05, 0.1) is 32.5 Å². The lowest BCUT2D eigenvalue weighted by Crippen LogP contribution is -2.51. The molecule has 0 N–H and O–H groups in total. The fraction of sp³-hybridized carbons (Fsp3) is 0.818. The zero-order valence-corrected chi connectivity index (χ0v) is 10.9. The van der Waals surface area contributed by atoms with E-state index in [2.05, 4.69) is 4.90 Å². The number of ether oxygens (including phenoxy) is 2. The van der Waals surface area contributed by atoms with Gasteiger partial charge in [0, 0.05) is 25.1 Å². The Morgan fingerprint density at radius 1 is 1.11 bits per heavy atom. The summed E-state index contributed by atoms with van der Waals surface area (Å²) in [4.78, 5) is 2.16. The Labute approximate surface area is 107 Å². The second-order valence-electron chi connectivity index (χ2n) is 4.72. The highest BCUT2D eigenvalue weighted by atomic mass is 32.2. The fourth-order valence-corrected chi connectivity index (χ4v) is 4.03. The molecule has 18 heavy (non-hydrogen) atoms. The molecule has 1 saturated heterocycles. The zero-order chi connectivity index (χ0) is 12.6. The van der Waals surface area contributed by atoms with Crippen LogP contribution in [0.3, 0.4) is 0 Å². The topological polar surface area (TPSA) is 65.1 Å². The van der Waals surface area contributed by atoms with E-state index in [1.54, 1.807) is 0 Å². The average molecular weight is 275 g/mol. The van der Waals surface area contributed by atoms with Crippen molar-refractivity contribution < 1.29 is 22.1 Å². The Bertz CT molecular complexity index is 452. The van der Waals surface area contributed by atoms with E-state index in [0.29, 0.717) is 38.6 Å². The first kappa shape index (κ1) is 12.4. The second-order valence-corrected chi connectivity index (χ2v) is 6.34. The zero-order valence-electron chi connectivity index (χ0n) is 10.1. The molecule has 3 aliphatic heterocycles. The van der Waals surface area contributed by atoms with Gasteiger partial charge in [-0.25, -0.2) is 0 Å². The molecule has 7 heteroatoms. The minimum Gasteiger partial charge on any atom is -0.387 e. The van der Waals surface area contributed by atoms with Crippen LogP contribution in [0.2, 0.25) is 0 Å². The van der Waals surface area contributed by atoms with Gasteiger partial charge in [-0.15, -0.1) is 0 Å². The van der Waals surface area contributed by atoms with Crippen molar-refractivity contribution in [2.24, 2.45) is 0 Å². The third-order valence-electron chi connectivity index (χ3n) is 3.57. The van der Waals surface area contributed by atoms with Crippen molar-refractivity contribution in [3.8, 4) is 0 Å². The average Bonchev–Trinajstić information content (AvgIpc) is 2.38. The van der Waals surface area contributed by atoms with E-state index in [1.165, 1.54) is 0 Å². The minimum absolute atomic E-state index is 0.0230. The Hall–Kier alpha value is -0.630. The van der Waals surface area contributed by atoms with E-state index in [-0.39, 0.29) is 11.8 Å². The molecule has 0 aromatic rings. The molecule has 0 aromatic carbocycles. The van der Waals surface area contributed by atoms with Crippen LogP contribution < -0.4 is 0 Å². The Morgan fingerprint density at radius 3 is 2.67 bits per heavy atom. The number of morpholine rings is 1. The summed E-state index contributed by atoms with van der Waals surface area (Å²) in [6, 6.07) is -0.108. The quantitative estimate of drug-likeness (QED) is 0.613. The molecule has 1 fully saturated rings. The molecule has 0 aliphatic carbocycles. The lowest BCUT2D eigenvalue weighted by Gasteiger charge is -2.39. The summed E-state index contributed by atoms with van der Waals surface area (Å²) in [7, 11) is -3.45. The molecule has 3 heterocycles. The summed E-state index contributed by atoms with van der Waals surface area (Å²) >= 11 is 0. The molecular weight excluding hydrogens is 258 g/mol. The number of hydrogen-bond acceptors (Lipinski definition) is 6. The molecule has 1 unspecified atom stereocenters. The van der Waals surface area contributed by atoms with Crippen LogP contribution >= 0.6 is 0 Å². The largest absolute Gasteiger partial charge is 0.387 e. The van der Waals surface area contributed by atoms with Crippen molar-refractivity contribution in [2.45, 2.75) is 12.5 Å². The van der Waals surface area contributed by atoms with Crippen LogP contribution in [0.25, 0.3) is 0 Å². The lowest BCUT2D eigenvalue weighted by molar-refractivity contribution is 0.0187. The van der Waals surface area contributed by atoms with Gasteiger partial charge in [-0.05, 0) is 0 Å². The normalized spacial score (nSPS) is 32.8. The van der Waals surface area contributed by atoms with E-state index < -0.39 is 10.1 Å². The molecule has 0 amide bonds. The predicted octanol–water partition coefficient (Wildman–Crippen LogP) is -0.278. The van der Waals surface area contributed by atoms with Gasteiger partial charge < -0.3 is 13.7 Å². The maximum absolute atomic E-state index is 11.8. The van der Waals surface area contributed by atoms with Crippen LogP contribution in [-0.4, -0.2) is 64.6 Å². The van der Waals surface area contributed by atoms with E-state index in [0.717, 1.165) is 18.7 Å². The Morgan fingerprint density at radius 2 is 1.89 bits per heavy atom. The highest BCUT2D eigenvalue weighted by Crippen LogP contribution is 2.30. The summed E-state index contributed by atoms with van der Waals surface area (Å²) in [5.41, 5.74) is 0.998. The molecule has 0 saturated carbocycles. The second kappa shape index (κ2) is 4.80. The molecule has 1 atom stereocenters. The Balaban J connectivity index is 1.90. The summed E-state index contributed by atoms with van der Waals surface area (Å²) < 4.78 is 39.5. The molecule has 0 aromatic heterocycles. The number of rotatable bonds is 1. The Kier molecular flexibility index (Phi) is 3.31. The van der Waals surface area contributed by atoms with E-state index in [1.807, 2.05) is 0 Å². The highest BCUT2D eigenvalue weighted by Gasteiger charge is 2.38. The van der Waals surface area contributed by atoms with Crippen molar-refractivity contribution in [1.82, 2.24) is 4.90 Å². The van der Waals surface area contributed by atoms with Gasteiger partial charge in [-0.3, -0.25) is 4.90 Å². The SMILES string of the molecule is O=S1(=O)CC(N2CCOCC2)C2=C(CCOC2)O1. The standard InChI is InChI=1S/C11H17NO5S/c13-18(14)8-10(12-2-5-15-6-3-12)9-7-16-4-1-11(9)17-18/h10H,1-8H2. The summed E-state index contributed by atoms with van der Waals surface area (Å²) in [6.07, 6.45) is 0.551. The maximum atomic E-state index is 11.8. The molecule has 0 bridgehead atoms. The number of nitrogens with zero attached hydrogens (tertiary/aromatic N) is 1. The molecule has 3 rings (SSSR count). The van der Waals surface area contributed by atoms with Gasteiger partial charge >= 0.3 is 10.1 Å². The monoisotopic (exact) mass is 275 g/mol. The minimum atomic E-state index is -3.45. The van der Waals surface area contributed by atoms with Gasteiger partial charge in [-0.1, -0.05) is 0 Å². The van der Waals surface area contributed by atoms with E-state index in [4.69, 9.17) is 13.7 Å². The maximum Gasteiger partial charge on any atom is 0.310 e. The van der Waals surface area contributed by atoms with Crippen LogP contribution in [0, 0.1) is 0 Å². The van der Waals surface area contributed by atoms with Gasteiger partial charge in [0.25, 0.3) is 0 Å². The third kappa shape index (κ3) is 2.40. The van der Waals surface area contributed by atoms with Crippen LogP contribution in [-0.2, 0) is 23.8 Å². The van der Waals surface area contributed by atoms with Crippen LogP contribution in [0.1, 0.15) is 6.42 Å². The summed E-state index contributed by atoms with van der Waals surface area (Å²) in [5.74, 6) is 0.624. The van der Waals surface area contributed by atoms with Crippen molar-refractivity contribution in [1.29, 1.82) is 0 Å². The van der Waals surface area contributed by atoms with Crippen LogP contribution in [0.5, 0.6) is 0 Å². The molecule has 0 radical (unpaired) electrons.